The van der Waals surface area contributed by atoms with Crippen molar-refractivity contribution < 1.29 is 14.0 Å². The van der Waals surface area contributed by atoms with E-state index in [2.05, 4.69) is 15.5 Å². The Bertz CT molecular complexity index is 1280. The van der Waals surface area contributed by atoms with Crippen molar-refractivity contribution in [1.82, 2.24) is 15.1 Å². The zero-order valence-corrected chi connectivity index (χ0v) is 22.1. The number of thiocarbonyl (C=S) groups is 1. The summed E-state index contributed by atoms with van der Waals surface area (Å²) >= 11 is 15.5. The lowest BCUT2D eigenvalue weighted by Crippen LogP contribution is -2.29. The molecular formula is C23H18ClFN4O2S4. The lowest BCUT2D eigenvalue weighted by atomic mass is 10.2. The third-order valence-electron chi connectivity index (χ3n) is 4.79. The number of thioether (sulfide) groups is 2. The second-order valence-electron chi connectivity index (χ2n) is 7.29. The molecule has 0 aliphatic carbocycles. The number of benzene rings is 2. The fourth-order valence-electron chi connectivity index (χ4n) is 3.06. The minimum atomic E-state index is -0.339. The summed E-state index contributed by atoms with van der Waals surface area (Å²) in [7, 11) is 0. The summed E-state index contributed by atoms with van der Waals surface area (Å²) in [6.07, 6.45) is 2.33. The number of amides is 2. The average Bonchev–Trinajstić information content (AvgIpc) is 3.39. The van der Waals surface area contributed by atoms with Gasteiger partial charge in [-0.2, -0.15) is 0 Å². The van der Waals surface area contributed by atoms with Crippen LogP contribution in [0.25, 0.3) is 6.08 Å². The van der Waals surface area contributed by atoms with Crippen molar-refractivity contribution in [3.05, 3.63) is 75.4 Å². The molecule has 0 unspecified atom stereocenters. The van der Waals surface area contributed by atoms with Crippen LogP contribution in [0.2, 0.25) is 5.02 Å². The van der Waals surface area contributed by atoms with Crippen molar-refractivity contribution in [2.24, 2.45) is 0 Å². The maximum Gasteiger partial charge on any atom is 0.266 e. The SMILES string of the molecule is O=C(CCCN1C(=O)/C(=C/c2ccc(F)cc2)SC1=S)Nc1nnc(SCc2ccccc2Cl)s1. The molecule has 6 nitrogen and oxygen atoms in total. The average molecular weight is 565 g/mol. The van der Waals surface area contributed by atoms with E-state index in [9.17, 15) is 14.0 Å². The number of anilines is 1. The van der Waals surface area contributed by atoms with E-state index in [1.54, 1.807) is 18.2 Å². The lowest BCUT2D eigenvalue weighted by molar-refractivity contribution is -0.122. The van der Waals surface area contributed by atoms with Crippen molar-refractivity contribution in [1.29, 1.82) is 0 Å². The first kappa shape index (κ1) is 25.8. The number of nitrogens with one attached hydrogen (secondary N) is 1. The van der Waals surface area contributed by atoms with Crippen LogP contribution in [-0.4, -0.2) is 37.8 Å². The molecule has 1 aliphatic heterocycles. The Hall–Kier alpha value is -2.31. The Labute approximate surface area is 224 Å². The summed E-state index contributed by atoms with van der Waals surface area (Å²) in [5, 5.41) is 12.0. The minimum Gasteiger partial charge on any atom is -0.301 e. The van der Waals surface area contributed by atoms with Gasteiger partial charge in [0.2, 0.25) is 11.0 Å². The molecular weight excluding hydrogens is 547 g/mol. The second-order valence-corrected chi connectivity index (χ2v) is 11.6. The molecule has 3 aromatic rings. The van der Waals surface area contributed by atoms with E-state index >= 15 is 0 Å². The number of carbonyl (C=O) groups is 2. The molecule has 1 aliphatic rings. The fraction of sp³-hybridized carbons (Fsp3) is 0.174. The van der Waals surface area contributed by atoms with Crippen LogP contribution in [0, 0.1) is 5.82 Å². The summed E-state index contributed by atoms with van der Waals surface area (Å²) in [4.78, 5) is 27.0. The first-order valence-corrected chi connectivity index (χ1v) is 13.8. The van der Waals surface area contributed by atoms with Gasteiger partial charge in [-0.1, -0.05) is 89.0 Å². The van der Waals surface area contributed by atoms with Gasteiger partial charge in [0.05, 0.1) is 4.91 Å². The third-order valence-corrected chi connectivity index (χ3v) is 8.56. The van der Waals surface area contributed by atoms with Gasteiger partial charge in [0.25, 0.3) is 5.91 Å². The smallest absolute Gasteiger partial charge is 0.266 e. The maximum absolute atomic E-state index is 13.1. The van der Waals surface area contributed by atoms with Crippen LogP contribution in [0.15, 0.2) is 57.8 Å². The topological polar surface area (TPSA) is 75.2 Å². The van der Waals surface area contributed by atoms with Crippen LogP contribution < -0.4 is 5.32 Å². The van der Waals surface area contributed by atoms with Gasteiger partial charge >= 0.3 is 0 Å². The Morgan fingerprint density at radius 1 is 1.20 bits per heavy atom. The molecule has 0 spiro atoms. The van der Waals surface area contributed by atoms with Crippen LogP contribution in [0.1, 0.15) is 24.0 Å². The van der Waals surface area contributed by atoms with Crippen LogP contribution in [0.3, 0.4) is 0 Å². The van der Waals surface area contributed by atoms with E-state index in [0.717, 1.165) is 9.90 Å². The Morgan fingerprint density at radius 3 is 2.74 bits per heavy atom. The largest absolute Gasteiger partial charge is 0.301 e. The molecule has 4 rings (SSSR count). The van der Waals surface area contributed by atoms with Crippen molar-refractivity contribution >= 4 is 86.0 Å². The molecule has 2 amide bonds. The number of aromatic nitrogens is 2. The molecule has 1 N–H and O–H groups in total. The molecule has 1 saturated heterocycles. The first-order chi connectivity index (χ1) is 16.9. The number of hydrogen-bond donors (Lipinski definition) is 1. The number of hydrogen-bond acceptors (Lipinski definition) is 8. The normalized spacial score (nSPS) is 14.7. The van der Waals surface area contributed by atoms with Gasteiger partial charge in [-0.3, -0.25) is 14.5 Å². The lowest BCUT2D eigenvalue weighted by Gasteiger charge is -2.13. The van der Waals surface area contributed by atoms with Gasteiger partial charge in [-0.05, 0) is 41.8 Å². The van der Waals surface area contributed by atoms with E-state index in [1.807, 2.05) is 24.3 Å². The molecule has 2 aromatic carbocycles. The van der Waals surface area contributed by atoms with Gasteiger partial charge < -0.3 is 5.32 Å². The van der Waals surface area contributed by atoms with Crippen molar-refractivity contribution in [2.45, 2.75) is 22.9 Å². The van der Waals surface area contributed by atoms with Crippen LogP contribution in [0.5, 0.6) is 0 Å². The van der Waals surface area contributed by atoms with Crippen molar-refractivity contribution in [3.63, 3.8) is 0 Å². The molecule has 1 fully saturated rings. The van der Waals surface area contributed by atoms with Crippen LogP contribution in [0.4, 0.5) is 9.52 Å². The van der Waals surface area contributed by atoms with Crippen molar-refractivity contribution in [2.75, 3.05) is 11.9 Å². The molecule has 0 atom stereocenters. The molecule has 12 heteroatoms. The summed E-state index contributed by atoms with van der Waals surface area (Å²) in [6.45, 7) is 0.327. The quantitative estimate of drug-likeness (QED) is 0.143. The van der Waals surface area contributed by atoms with Crippen LogP contribution >= 0.6 is 58.7 Å². The van der Waals surface area contributed by atoms with Gasteiger partial charge in [0.15, 0.2) is 4.34 Å². The fourth-order valence-corrected chi connectivity index (χ4v) is 6.42. The highest BCUT2D eigenvalue weighted by molar-refractivity contribution is 8.26. The molecule has 1 aromatic heterocycles. The first-order valence-electron chi connectivity index (χ1n) is 10.4. The number of rotatable bonds is 9. The summed E-state index contributed by atoms with van der Waals surface area (Å²) < 4.78 is 14.3. The number of carbonyl (C=O) groups excluding carboxylic acids is 2. The standard InChI is InChI=1S/C23H18ClFN4O2S4/c24-17-5-2-1-4-15(17)13-33-22-28-27-21(35-22)26-19(30)6-3-11-29-20(31)18(34-23(29)32)12-14-7-9-16(25)10-8-14/h1-2,4-5,7-10,12H,3,6,11,13H2,(H,26,27,30)/b18-12-. The highest BCUT2D eigenvalue weighted by Gasteiger charge is 2.31. The minimum absolute atomic E-state index is 0.204. The molecule has 0 saturated carbocycles. The van der Waals surface area contributed by atoms with Gasteiger partial charge in [-0.25, -0.2) is 4.39 Å². The van der Waals surface area contributed by atoms with Gasteiger partial charge in [0.1, 0.15) is 10.1 Å². The summed E-state index contributed by atoms with van der Waals surface area (Å²) in [6, 6.07) is 13.5. The van der Waals surface area contributed by atoms with E-state index in [1.165, 1.54) is 51.9 Å². The molecule has 0 radical (unpaired) electrons. The monoisotopic (exact) mass is 564 g/mol. The van der Waals surface area contributed by atoms with E-state index in [-0.39, 0.29) is 24.1 Å². The third kappa shape index (κ3) is 7.11. The molecule has 180 valence electrons. The van der Waals surface area contributed by atoms with Gasteiger partial charge in [0, 0.05) is 23.7 Å². The van der Waals surface area contributed by atoms with Crippen LogP contribution in [-0.2, 0) is 15.3 Å². The maximum atomic E-state index is 13.1. The molecule has 35 heavy (non-hydrogen) atoms. The predicted molar refractivity (Wildman–Crippen MR) is 145 cm³/mol. The Morgan fingerprint density at radius 2 is 1.97 bits per heavy atom. The van der Waals surface area contributed by atoms with Gasteiger partial charge in [-0.15, -0.1) is 10.2 Å². The zero-order chi connectivity index (χ0) is 24.8. The predicted octanol–water partition coefficient (Wildman–Crippen LogP) is 6.24. The highest BCUT2D eigenvalue weighted by Crippen LogP contribution is 2.33. The second kappa shape index (κ2) is 12.1. The zero-order valence-electron chi connectivity index (χ0n) is 18.1. The van der Waals surface area contributed by atoms with Crippen molar-refractivity contribution in [3.8, 4) is 0 Å². The summed E-state index contributed by atoms with van der Waals surface area (Å²) in [5.74, 6) is -0.111. The van der Waals surface area contributed by atoms with E-state index < -0.39 is 0 Å². The van der Waals surface area contributed by atoms with E-state index in [4.69, 9.17) is 23.8 Å². The number of halogens is 2. The molecule has 0 bridgehead atoms. The highest BCUT2D eigenvalue weighted by atomic mass is 35.5. The van der Waals surface area contributed by atoms with E-state index in [0.29, 0.717) is 43.7 Å². The number of nitrogens with zero attached hydrogens (tertiary/aromatic N) is 3. The Kier molecular flexibility index (Phi) is 8.90. The summed E-state index contributed by atoms with van der Waals surface area (Å²) in [5.41, 5.74) is 1.72. The Balaban J connectivity index is 1.23. The molecule has 2 heterocycles.